The highest BCUT2D eigenvalue weighted by Crippen LogP contribution is 2.26. The highest BCUT2D eigenvalue weighted by Gasteiger charge is 2.34. The maximum absolute atomic E-state index is 13.0. The van der Waals surface area contributed by atoms with Crippen LogP contribution in [-0.4, -0.2) is 41.9 Å². The van der Waals surface area contributed by atoms with E-state index in [0.29, 0.717) is 13.0 Å². The summed E-state index contributed by atoms with van der Waals surface area (Å²) in [5.74, 6) is 0.134. The fourth-order valence-corrected chi connectivity index (χ4v) is 4.66. The standard InChI is InChI=1S/C19H16N4O3S/c20-12-18-19(22-9-8-21-18)26-16-7-10-23(13-16)27(24,25)17-6-5-14-3-1-2-4-15(14)11-17/h1-6,8-9,11,16H,7,10,13H2. The molecule has 1 unspecified atom stereocenters. The van der Waals surface area contributed by atoms with Gasteiger partial charge in [-0.1, -0.05) is 30.3 Å². The summed E-state index contributed by atoms with van der Waals surface area (Å²) in [6, 6.07) is 14.7. The van der Waals surface area contributed by atoms with Gasteiger partial charge in [0.1, 0.15) is 12.2 Å². The van der Waals surface area contributed by atoms with Crippen molar-refractivity contribution in [1.29, 1.82) is 5.26 Å². The van der Waals surface area contributed by atoms with Crippen molar-refractivity contribution in [1.82, 2.24) is 14.3 Å². The van der Waals surface area contributed by atoms with Gasteiger partial charge in [-0.2, -0.15) is 9.57 Å². The van der Waals surface area contributed by atoms with E-state index in [9.17, 15) is 8.42 Å². The SMILES string of the molecule is N#Cc1nccnc1OC1CCN(S(=O)(=O)c2ccc3ccccc3c2)C1. The molecule has 1 aliphatic heterocycles. The van der Waals surface area contributed by atoms with Crippen molar-refractivity contribution >= 4 is 20.8 Å². The molecule has 27 heavy (non-hydrogen) atoms. The van der Waals surface area contributed by atoms with Gasteiger partial charge in [-0.15, -0.1) is 0 Å². The highest BCUT2D eigenvalue weighted by atomic mass is 32.2. The second-order valence-corrected chi connectivity index (χ2v) is 8.16. The number of fused-ring (bicyclic) bond motifs is 1. The lowest BCUT2D eigenvalue weighted by molar-refractivity contribution is 0.205. The Morgan fingerprint density at radius 2 is 1.89 bits per heavy atom. The zero-order valence-corrected chi connectivity index (χ0v) is 15.1. The summed E-state index contributed by atoms with van der Waals surface area (Å²) in [6.07, 6.45) is 3.00. The van der Waals surface area contributed by atoms with E-state index in [0.717, 1.165) is 10.8 Å². The van der Waals surface area contributed by atoms with Crippen LogP contribution < -0.4 is 4.74 Å². The maximum Gasteiger partial charge on any atom is 0.251 e. The molecule has 0 amide bonds. The molecular weight excluding hydrogens is 364 g/mol. The Bertz CT molecular complexity index is 1140. The largest absolute Gasteiger partial charge is 0.471 e. The van der Waals surface area contributed by atoms with Crippen LogP contribution in [0.5, 0.6) is 5.88 Å². The Labute approximate surface area is 156 Å². The average molecular weight is 380 g/mol. The van der Waals surface area contributed by atoms with Crippen LogP contribution in [0.4, 0.5) is 0 Å². The molecule has 1 atom stereocenters. The Hall–Kier alpha value is -3.02. The quantitative estimate of drug-likeness (QED) is 0.689. The summed E-state index contributed by atoms with van der Waals surface area (Å²) < 4.78 is 33.1. The van der Waals surface area contributed by atoms with Gasteiger partial charge in [0.15, 0.2) is 0 Å². The van der Waals surface area contributed by atoms with Crippen molar-refractivity contribution in [3.05, 3.63) is 60.6 Å². The third-order valence-corrected chi connectivity index (χ3v) is 6.38. The van der Waals surface area contributed by atoms with E-state index >= 15 is 0 Å². The molecule has 7 nitrogen and oxygen atoms in total. The highest BCUT2D eigenvalue weighted by molar-refractivity contribution is 7.89. The summed E-state index contributed by atoms with van der Waals surface area (Å²) in [5, 5.41) is 10.9. The number of benzene rings is 2. The maximum atomic E-state index is 13.0. The molecule has 8 heteroatoms. The molecule has 1 fully saturated rings. The molecule has 0 bridgehead atoms. The van der Waals surface area contributed by atoms with Crippen LogP contribution in [0.15, 0.2) is 59.8 Å². The number of aromatic nitrogens is 2. The number of rotatable bonds is 4. The number of nitrogens with zero attached hydrogens (tertiary/aromatic N) is 4. The smallest absolute Gasteiger partial charge is 0.251 e. The summed E-state index contributed by atoms with van der Waals surface area (Å²) in [5.41, 5.74) is 0.0911. The second-order valence-electron chi connectivity index (χ2n) is 6.22. The van der Waals surface area contributed by atoms with Crippen LogP contribution in [-0.2, 0) is 10.0 Å². The molecule has 2 aromatic carbocycles. The summed E-state index contributed by atoms with van der Waals surface area (Å²) in [7, 11) is -3.62. The second kappa shape index (κ2) is 6.95. The van der Waals surface area contributed by atoms with Crippen LogP contribution >= 0.6 is 0 Å². The van der Waals surface area contributed by atoms with Crippen LogP contribution in [0.1, 0.15) is 12.1 Å². The average Bonchev–Trinajstić information content (AvgIpc) is 3.17. The van der Waals surface area contributed by atoms with E-state index in [1.54, 1.807) is 12.1 Å². The lowest BCUT2D eigenvalue weighted by Gasteiger charge is -2.17. The monoisotopic (exact) mass is 380 g/mol. The summed E-state index contributed by atoms with van der Waals surface area (Å²) >= 11 is 0. The number of hydrogen-bond acceptors (Lipinski definition) is 6. The molecule has 1 aliphatic rings. The van der Waals surface area contributed by atoms with Gasteiger partial charge in [-0.25, -0.2) is 18.4 Å². The molecule has 3 aromatic rings. The molecule has 4 rings (SSSR count). The number of ether oxygens (including phenoxy) is 1. The number of sulfonamides is 1. The lowest BCUT2D eigenvalue weighted by atomic mass is 10.1. The molecule has 2 heterocycles. The Morgan fingerprint density at radius 3 is 2.70 bits per heavy atom. The van der Waals surface area contributed by atoms with E-state index in [2.05, 4.69) is 9.97 Å². The predicted octanol–water partition coefficient (Wildman–Crippen LogP) is 2.34. The Balaban J connectivity index is 1.54. The van der Waals surface area contributed by atoms with Gasteiger partial charge in [0.05, 0.1) is 11.4 Å². The van der Waals surface area contributed by atoms with E-state index in [1.807, 2.05) is 36.4 Å². The van der Waals surface area contributed by atoms with E-state index in [-0.39, 0.29) is 29.1 Å². The lowest BCUT2D eigenvalue weighted by Crippen LogP contribution is -2.31. The molecular formula is C19H16N4O3S. The number of nitriles is 1. The zero-order chi connectivity index (χ0) is 18.9. The first-order valence-corrected chi connectivity index (χ1v) is 9.88. The first-order chi connectivity index (χ1) is 13.1. The number of hydrogen-bond donors (Lipinski definition) is 0. The first kappa shape index (κ1) is 17.4. The fraction of sp³-hybridized carbons (Fsp3) is 0.211. The van der Waals surface area contributed by atoms with Gasteiger partial charge in [-0.05, 0) is 29.3 Å². The fourth-order valence-electron chi connectivity index (χ4n) is 3.14. The molecule has 136 valence electrons. The third kappa shape index (κ3) is 3.35. The topological polar surface area (TPSA) is 96.2 Å². The van der Waals surface area contributed by atoms with Crippen LogP contribution in [0.3, 0.4) is 0 Å². The van der Waals surface area contributed by atoms with E-state index < -0.39 is 10.0 Å². The molecule has 0 N–H and O–H groups in total. The molecule has 0 aliphatic carbocycles. The summed E-state index contributed by atoms with van der Waals surface area (Å²) in [6.45, 7) is 0.554. The van der Waals surface area contributed by atoms with Gasteiger partial charge in [0.2, 0.25) is 15.7 Å². The zero-order valence-electron chi connectivity index (χ0n) is 14.3. The van der Waals surface area contributed by atoms with Crippen molar-refractivity contribution in [2.24, 2.45) is 0 Å². The minimum atomic E-state index is -3.62. The summed E-state index contributed by atoms with van der Waals surface area (Å²) in [4.78, 5) is 8.18. The molecule has 0 saturated carbocycles. The van der Waals surface area contributed by atoms with E-state index in [4.69, 9.17) is 10.00 Å². The van der Waals surface area contributed by atoms with Gasteiger partial charge in [0.25, 0.3) is 5.88 Å². The molecule has 0 spiro atoms. The van der Waals surface area contributed by atoms with Crippen molar-refractivity contribution in [2.45, 2.75) is 17.4 Å². The van der Waals surface area contributed by atoms with Gasteiger partial charge >= 0.3 is 0 Å². The van der Waals surface area contributed by atoms with E-state index in [1.165, 1.54) is 16.7 Å². The van der Waals surface area contributed by atoms with Crippen LogP contribution in [0.25, 0.3) is 10.8 Å². The Morgan fingerprint density at radius 1 is 1.11 bits per heavy atom. The van der Waals surface area contributed by atoms with Gasteiger partial charge in [-0.3, -0.25) is 0 Å². The normalized spacial score (nSPS) is 17.7. The molecule has 1 saturated heterocycles. The van der Waals surface area contributed by atoms with Crippen molar-refractivity contribution in [3.63, 3.8) is 0 Å². The van der Waals surface area contributed by atoms with Crippen LogP contribution in [0.2, 0.25) is 0 Å². The van der Waals surface area contributed by atoms with Gasteiger partial charge < -0.3 is 4.74 Å². The third-order valence-electron chi connectivity index (χ3n) is 4.52. The minimum Gasteiger partial charge on any atom is -0.471 e. The first-order valence-electron chi connectivity index (χ1n) is 8.44. The molecule has 0 radical (unpaired) electrons. The predicted molar refractivity (Wildman–Crippen MR) is 98.5 cm³/mol. The minimum absolute atomic E-state index is 0.0911. The van der Waals surface area contributed by atoms with Crippen molar-refractivity contribution < 1.29 is 13.2 Å². The van der Waals surface area contributed by atoms with Gasteiger partial charge in [0, 0.05) is 18.9 Å². The van der Waals surface area contributed by atoms with Crippen molar-refractivity contribution in [3.8, 4) is 11.9 Å². The van der Waals surface area contributed by atoms with Crippen molar-refractivity contribution in [2.75, 3.05) is 13.1 Å². The molecule has 1 aromatic heterocycles. The van der Waals surface area contributed by atoms with Crippen LogP contribution in [0, 0.1) is 11.3 Å². The Kier molecular flexibility index (Phi) is 4.48.